The van der Waals surface area contributed by atoms with Gasteiger partial charge in [0.05, 0.1) is 12.6 Å². The van der Waals surface area contributed by atoms with Crippen molar-refractivity contribution >= 4 is 35.8 Å². The Kier molecular flexibility index (Phi) is 8.94. The van der Waals surface area contributed by atoms with E-state index in [9.17, 15) is 4.79 Å². The molecular weight excluding hydrogens is 431 g/mol. The molecule has 1 saturated carbocycles. The lowest BCUT2D eigenvalue weighted by Gasteiger charge is -2.54. The van der Waals surface area contributed by atoms with Crippen molar-refractivity contribution in [2.75, 3.05) is 32.8 Å². The Hall–Kier alpha value is -0.570. The third-order valence-corrected chi connectivity index (χ3v) is 5.45. The standard InChI is InChI=1S/C18H34N4O2.HI/c1-6-19-17(20-11-9-14(23)22(7-2)8-3)21-15-13-10-12-24-16(13)18(15,4)5;/h13,15-16H,6-12H2,1-5H3,(H2,19,20,21);1H. The number of nitrogens with one attached hydrogen (secondary N) is 2. The number of hydrogen-bond acceptors (Lipinski definition) is 3. The van der Waals surface area contributed by atoms with E-state index in [0.29, 0.717) is 31.0 Å². The van der Waals surface area contributed by atoms with Gasteiger partial charge in [-0.2, -0.15) is 0 Å². The normalized spacial score (nSPS) is 26.9. The Morgan fingerprint density at radius 2 is 1.96 bits per heavy atom. The minimum atomic E-state index is 0. The Balaban J connectivity index is 0.00000312. The molecule has 1 aliphatic heterocycles. The molecule has 1 amide bonds. The molecule has 0 aromatic rings. The van der Waals surface area contributed by atoms with Crippen LogP contribution in [0, 0.1) is 11.3 Å². The van der Waals surface area contributed by atoms with Gasteiger partial charge in [-0.15, -0.1) is 24.0 Å². The minimum absolute atomic E-state index is 0. The van der Waals surface area contributed by atoms with Crippen LogP contribution in [-0.2, 0) is 9.53 Å². The topological polar surface area (TPSA) is 66.0 Å². The summed E-state index contributed by atoms with van der Waals surface area (Å²) in [6.45, 7) is 14.3. The van der Waals surface area contributed by atoms with Crippen LogP contribution in [-0.4, -0.2) is 61.7 Å². The number of ether oxygens (including phenoxy) is 1. The largest absolute Gasteiger partial charge is 0.377 e. The van der Waals surface area contributed by atoms with E-state index in [1.807, 2.05) is 18.7 Å². The van der Waals surface area contributed by atoms with Gasteiger partial charge in [0.2, 0.25) is 5.91 Å². The quantitative estimate of drug-likeness (QED) is 0.343. The molecule has 3 unspecified atom stereocenters. The lowest BCUT2D eigenvalue weighted by molar-refractivity contribution is -0.130. The Morgan fingerprint density at radius 3 is 2.56 bits per heavy atom. The Morgan fingerprint density at radius 1 is 1.28 bits per heavy atom. The molecule has 1 saturated heterocycles. The van der Waals surface area contributed by atoms with E-state index in [4.69, 9.17) is 4.74 Å². The van der Waals surface area contributed by atoms with Crippen LogP contribution < -0.4 is 10.6 Å². The number of carbonyl (C=O) groups excluding carboxylic acids is 1. The van der Waals surface area contributed by atoms with Crippen molar-refractivity contribution in [1.82, 2.24) is 15.5 Å². The summed E-state index contributed by atoms with van der Waals surface area (Å²) >= 11 is 0. The molecule has 7 heteroatoms. The number of guanidine groups is 1. The first-order valence-corrected chi connectivity index (χ1v) is 9.39. The van der Waals surface area contributed by atoms with Crippen molar-refractivity contribution in [2.45, 2.75) is 59.6 Å². The smallest absolute Gasteiger partial charge is 0.224 e. The van der Waals surface area contributed by atoms with Crippen molar-refractivity contribution in [1.29, 1.82) is 0 Å². The van der Waals surface area contributed by atoms with E-state index in [-0.39, 0.29) is 35.3 Å². The molecule has 0 aromatic heterocycles. The average molecular weight is 466 g/mol. The van der Waals surface area contributed by atoms with Gasteiger partial charge < -0.3 is 20.3 Å². The lowest BCUT2D eigenvalue weighted by Crippen LogP contribution is -2.68. The van der Waals surface area contributed by atoms with Gasteiger partial charge in [-0.05, 0) is 27.2 Å². The maximum absolute atomic E-state index is 12.1. The van der Waals surface area contributed by atoms with E-state index in [1.165, 1.54) is 0 Å². The van der Waals surface area contributed by atoms with Crippen LogP contribution in [0.15, 0.2) is 4.99 Å². The first-order valence-electron chi connectivity index (χ1n) is 9.39. The van der Waals surface area contributed by atoms with E-state index < -0.39 is 0 Å². The average Bonchev–Trinajstić information content (AvgIpc) is 3.00. The molecule has 2 aliphatic rings. The number of fused-ring (bicyclic) bond motifs is 1. The molecule has 1 heterocycles. The highest BCUT2D eigenvalue weighted by atomic mass is 127. The molecule has 25 heavy (non-hydrogen) atoms. The summed E-state index contributed by atoms with van der Waals surface area (Å²) in [5, 5.41) is 6.88. The van der Waals surface area contributed by atoms with Gasteiger partial charge in [-0.3, -0.25) is 9.79 Å². The zero-order valence-corrected chi connectivity index (χ0v) is 18.6. The van der Waals surface area contributed by atoms with Crippen molar-refractivity contribution in [3.05, 3.63) is 0 Å². The van der Waals surface area contributed by atoms with Gasteiger partial charge >= 0.3 is 0 Å². The van der Waals surface area contributed by atoms with Crippen molar-refractivity contribution in [2.24, 2.45) is 16.3 Å². The fourth-order valence-electron chi connectivity index (χ4n) is 4.08. The van der Waals surface area contributed by atoms with Gasteiger partial charge in [0, 0.05) is 50.0 Å². The van der Waals surface area contributed by atoms with Gasteiger partial charge in [-0.25, -0.2) is 0 Å². The second-order valence-corrected chi connectivity index (χ2v) is 7.26. The third kappa shape index (κ3) is 4.99. The highest BCUT2D eigenvalue weighted by Gasteiger charge is 2.59. The van der Waals surface area contributed by atoms with Crippen molar-refractivity contribution < 1.29 is 9.53 Å². The highest BCUT2D eigenvalue weighted by molar-refractivity contribution is 14.0. The van der Waals surface area contributed by atoms with Crippen LogP contribution >= 0.6 is 24.0 Å². The minimum Gasteiger partial charge on any atom is -0.377 e. The Bertz CT molecular complexity index is 466. The van der Waals surface area contributed by atoms with Crippen LogP contribution in [0.5, 0.6) is 0 Å². The number of carbonyl (C=O) groups is 1. The molecule has 0 aromatic carbocycles. The first kappa shape index (κ1) is 22.5. The molecule has 0 spiro atoms. The fourth-order valence-corrected chi connectivity index (χ4v) is 4.08. The molecule has 0 radical (unpaired) electrons. The second kappa shape index (κ2) is 9.94. The van der Waals surface area contributed by atoms with Crippen LogP contribution in [0.25, 0.3) is 0 Å². The summed E-state index contributed by atoms with van der Waals surface area (Å²) in [5.41, 5.74) is 0.119. The zero-order chi connectivity index (χ0) is 17.7. The van der Waals surface area contributed by atoms with E-state index in [0.717, 1.165) is 38.6 Å². The molecular formula is C18H35IN4O2. The number of amides is 1. The summed E-state index contributed by atoms with van der Waals surface area (Å²) in [6, 6.07) is 0.376. The van der Waals surface area contributed by atoms with Gasteiger partial charge in [0.1, 0.15) is 0 Å². The molecule has 1 aliphatic carbocycles. The van der Waals surface area contributed by atoms with Gasteiger partial charge in [0.15, 0.2) is 5.96 Å². The number of aliphatic imine (C=N–C) groups is 1. The SMILES string of the molecule is CCNC(=NCCC(=O)N(CC)CC)NC1C2CCOC2C1(C)C.I. The van der Waals surface area contributed by atoms with Crippen molar-refractivity contribution in [3.63, 3.8) is 0 Å². The summed E-state index contributed by atoms with van der Waals surface area (Å²) in [5.74, 6) is 1.56. The summed E-state index contributed by atoms with van der Waals surface area (Å²) in [7, 11) is 0. The van der Waals surface area contributed by atoms with E-state index in [2.05, 4.69) is 36.4 Å². The Labute approximate surface area is 169 Å². The number of nitrogens with zero attached hydrogens (tertiary/aromatic N) is 2. The van der Waals surface area contributed by atoms with Crippen LogP contribution in [0.3, 0.4) is 0 Å². The first-order chi connectivity index (χ1) is 11.5. The van der Waals surface area contributed by atoms with E-state index in [1.54, 1.807) is 0 Å². The van der Waals surface area contributed by atoms with E-state index >= 15 is 0 Å². The van der Waals surface area contributed by atoms with Crippen LogP contribution in [0.2, 0.25) is 0 Å². The number of halogens is 1. The molecule has 2 rings (SSSR count). The molecule has 2 N–H and O–H groups in total. The molecule has 3 atom stereocenters. The molecule has 146 valence electrons. The van der Waals surface area contributed by atoms with Gasteiger partial charge in [-0.1, -0.05) is 13.8 Å². The summed E-state index contributed by atoms with van der Waals surface area (Å²) in [4.78, 5) is 18.6. The summed E-state index contributed by atoms with van der Waals surface area (Å²) < 4.78 is 5.85. The maximum Gasteiger partial charge on any atom is 0.224 e. The molecule has 2 fully saturated rings. The second-order valence-electron chi connectivity index (χ2n) is 7.26. The van der Waals surface area contributed by atoms with Crippen LogP contribution in [0.4, 0.5) is 0 Å². The fraction of sp³-hybridized carbons (Fsp3) is 0.889. The van der Waals surface area contributed by atoms with Crippen LogP contribution in [0.1, 0.15) is 47.5 Å². The molecule has 0 bridgehead atoms. The third-order valence-electron chi connectivity index (χ3n) is 5.45. The highest BCUT2D eigenvalue weighted by Crippen LogP contribution is 2.52. The maximum atomic E-state index is 12.1. The number of rotatable bonds is 7. The molecule has 6 nitrogen and oxygen atoms in total. The lowest BCUT2D eigenvalue weighted by atomic mass is 9.57. The monoisotopic (exact) mass is 466 g/mol. The predicted molar refractivity (Wildman–Crippen MR) is 112 cm³/mol. The van der Waals surface area contributed by atoms with Gasteiger partial charge in [0.25, 0.3) is 0 Å². The van der Waals surface area contributed by atoms with Crippen molar-refractivity contribution in [3.8, 4) is 0 Å². The number of hydrogen-bond donors (Lipinski definition) is 2. The predicted octanol–water partition coefficient (Wildman–Crippen LogP) is 2.23. The zero-order valence-electron chi connectivity index (χ0n) is 16.3. The summed E-state index contributed by atoms with van der Waals surface area (Å²) in [6.07, 6.45) is 1.94.